The lowest BCUT2D eigenvalue weighted by Gasteiger charge is -2.24. The number of methoxy groups -OCH3 is 1. The van der Waals surface area contributed by atoms with Crippen molar-refractivity contribution in [3.8, 4) is 11.5 Å². The van der Waals surface area contributed by atoms with Gasteiger partial charge in [0.15, 0.2) is 16.3 Å². The van der Waals surface area contributed by atoms with Gasteiger partial charge in [-0.3, -0.25) is 9.36 Å². The highest BCUT2D eigenvalue weighted by Gasteiger charge is 2.33. The fourth-order valence-electron chi connectivity index (χ4n) is 3.98. The number of allylic oxidation sites excluding steroid dienone is 1. The van der Waals surface area contributed by atoms with E-state index in [9.17, 15) is 9.59 Å². The van der Waals surface area contributed by atoms with Crippen LogP contribution in [0.5, 0.6) is 11.5 Å². The second-order valence-electron chi connectivity index (χ2n) is 7.81. The van der Waals surface area contributed by atoms with Crippen LogP contribution < -0.4 is 24.4 Å². The van der Waals surface area contributed by atoms with Crippen LogP contribution in [0.1, 0.15) is 37.9 Å². The molecule has 0 N–H and O–H groups in total. The first kappa shape index (κ1) is 26.2. The van der Waals surface area contributed by atoms with Crippen molar-refractivity contribution in [2.24, 2.45) is 4.99 Å². The van der Waals surface area contributed by atoms with Crippen LogP contribution >= 0.6 is 38.9 Å². The lowest BCUT2D eigenvalue weighted by molar-refractivity contribution is -0.139. The minimum absolute atomic E-state index is 0.209. The highest BCUT2D eigenvalue weighted by molar-refractivity contribution is 9.10. The van der Waals surface area contributed by atoms with Crippen LogP contribution in [0.15, 0.2) is 61.9 Å². The summed E-state index contributed by atoms with van der Waals surface area (Å²) in [5.74, 6) is 0.647. The SMILES string of the molecule is CCOC(=O)C1=C(C)N=c2s/c(=C\c3cc(OCC)c(OC)cc3Br)c(=O)n2C1c1ccc(Cl)cc1. The molecule has 0 saturated carbocycles. The standard InChI is InChI=1S/C26H24BrClN2O5S/c1-5-34-20-11-16(18(27)13-19(20)33-4)12-21-24(31)30-23(15-7-9-17(28)10-8-15)22(25(32)35-6-2)14(3)29-26(30)36-21/h7-13,23H,5-6H2,1-4H3/b21-12-. The van der Waals surface area contributed by atoms with E-state index in [4.69, 9.17) is 25.8 Å². The molecule has 1 aliphatic rings. The Balaban J connectivity index is 1.94. The van der Waals surface area contributed by atoms with Gasteiger partial charge >= 0.3 is 5.97 Å². The quantitative estimate of drug-likeness (QED) is 0.375. The Morgan fingerprint density at radius 1 is 1.19 bits per heavy atom. The Kier molecular flexibility index (Phi) is 8.02. The van der Waals surface area contributed by atoms with Gasteiger partial charge in [0, 0.05) is 9.50 Å². The van der Waals surface area contributed by atoms with Crippen LogP contribution in [-0.2, 0) is 9.53 Å². The van der Waals surface area contributed by atoms with Crippen molar-refractivity contribution in [1.82, 2.24) is 4.57 Å². The summed E-state index contributed by atoms with van der Waals surface area (Å²) in [5, 5.41) is 0.555. The van der Waals surface area contributed by atoms with Crippen molar-refractivity contribution < 1.29 is 19.0 Å². The number of aromatic nitrogens is 1. The van der Waals surface area contributed by atoms with Crippen molar-refractivity contribution in [2.45, 2.75) is 26.8 Å². The van der Waals surface area contributed by atoms with E-state index in [1.165, 1.54) is 11.3 Å². The zero-order valence-corrected chi connectivity index (χ0v) is 23.3. The van der Waals surface area contributed by atoms with Crippen molar-refractivity contribution >= 4 is 50.9 Å². The number of carbonyl (C=O) groups is 1. The number of ether oxygens (including phenoxy) is 3. The van der Waals surface area contributed by atoms with E-state index in [0.29, 0.717) is 43.7 Å². The Bertz CT molecular complexity index is 1530. The maximum atomic E-state index is 13.8. The fourth-order valence-corrected chi connectivity index (χ4v) is 5.58. The number of fused-ring (bicyclic) bond motifs is 1. The first-order chi connectivity index (χ1) is 17.3. The normalized spacial score (nSPS) is 15.4. The van der Waals surface area contributed by atoms with Gasteiger partial charge in [0.1, 0.15) is 0 Å². The molecule has 2 aromatic carbocycles. The maximum Gasteiger partial charge on any atom is 0.338 e. The van der Waals surface area contributed by atoms with Gasteiger partial charge in [-0.05, 0) is 62.2 Å². The molecule has 188 valence electrons. The lowest BCUT2D eigenvalue weighted by atomic mass is 9.96. The molecule has 0 fully saturated rings. The average Bonchev–Trinajstić information content (AvgIpc) is 3.15. The molecule has 0 amide bonds. The molecule has 10 heteroatoms. The molecular formula is C26H24BrClN2O5S. The van der Waals surface area contributed by atoms with Gasteiger partial charge in [0.2, 0.25) is 0 Å². The van der Waals surface area contributed by atoms with Gasteiger partial charge in [0.05, 0.1) is 42.2 Å². The monoisotopic (exact) mass is 590 g/mol. The van der Waals surface area contributed by atoms with E-state index in [0.717, 1.165) is 15.6 Å². The minimum Gasteiger partial charge on any atom is -0.493 e. The number of benzene rings is 2. The topological polar surface area (TPSA) is 79.1 Å². The number of halogens is 2. The van der Waals surface area contributed by atoms with E-state index in [-0.39, 0.29) is 12.2 Å². The van der Waals surface area contributed by atoms with Crippen LogP contribution in [0, 0.1) is 0 Å². The largest absolute Gasteiger partial charge is 0.493 e. The first-order valence-corrected chi connectivity index (χ1v) is 13.2. The summed E-state index contributed by atoms with van der Waals surface area (Å²) in [4.78, 5) is 31.8. The number of esters is 1. The maximum absolute atomic E-state index is 13.8. The van der Waals surface area contributed by atoms with Gasteiger partial charge in [-0.2, -0.15) is 0 Å². The highest BCUT2D eigenvalue weighted by Crippen LogP contribution is 2.34. The second-order valence-corrected chi connectivity index (χ2v) is 10.1. The number of nitrogens with zero attached hydrogens (tertiary/aromatic N) is 2. The molecule has 0 saturated heterocycles. The van der Waals surface area contributed by atoms with Crippen LogP contribution in [0.2, 0.25) is 5.02 Å². The fraction of sp³-hybridized carbons (Fsp3) is 0.269. The summed E-state index contributed by atoms with van der Waals surface area (Å²) in [6.07, 6.45) is 1.78. The summed E-state index contributed by atoms with van der Waals surface area (Å²) in [6.45, 7) is 6.06. The number of hydrogen-bond donors (Lipinski definition) is 0. The second kappa shape index (κ2) is 11.0. The molecule has 36 heavy (non-hydrogen) atoms. The summed E-state index contributed by atoms with van der Waals surface area (Å²) in [6, 6.07) is 9.98. The minimum atomic E-state index is -0.696. The molecule has 0 radical (unpaired) electrons. The molecule has 0 aliphatic carbocycles. The highest BCUT2D eigenvalue weighted by atomic mass is 79.9. The Labute approximate surface area is 225 Å². The Hall–Kier alpha value is -2.88. The first-order valence-electron chi connectivity index (χ1n) is 11.2. The number of rotatable bonds is 7. The van der Waals surface area contributed by atoms with E-state index in [1.807, 2.05) is 13.0 Å². The molecule has 0 spiro atoms. The number of hydrogen-bond acceptors (Lipinski definition) is 7. The van der Waals surface area contributed by atoms with Crippen LogP contribution in [-0.4, -0.2) is 30.9 Å². The van der Waals surface area contributed by atoms with Gasteiger partial charge in [-0.25, -0.2) is 9.79 Å². The molecule has 0 bridgehead atoms. The van der Waals surface area contributed by atoms with Gasteiger partial charge < -0.3 is 14.2 Å². The van der Waals surface area contributed by atoms with E-state index in [1.54, 1.807) is 61.9 Å². The Morgan fingerprint density at radius 3 is 2.56 bits per heavy atom. The summed E-state index contributed by atoms with van der Waals surface area (Å²) < 4.78 is 19.2. The molecule has 1 unspecified atom stereocenters. The van der Waals surface area contributed by atoms with E-state index in [2.05, 4.69) is 20.9 Å². The summed E-state index contributed by atoms with van der Waals surface area (Å²) >= 11 is 10.9. The smallest absolute Gasteiger partial charge is 0.338 e. The summed E-state index contributed by atoms with van der Waals surface area (Å²) in [5.41, 5.74) is 2.03. The predicted molar refractivity (Wildman–Crippen MR) is 144 cm³/mol. The average molecular weight is 592 g/mol. The van der Waals surface area contributed by atoms with Crippen molar-refractivity contribution in [2.75, 3.05) is 20.3 Å². The molecule has 7 nitrogen and oxygen atoms in total. The van der Waals surface area contributed by atoms with E-state index >= 15 is 0 Å². The van der Waals surface area contributed by atoms with E-state index < -0.39 is 12.0 Å². The van der Waals surface area contributed by atoms with Crippen molar-refractivity contribution in [3.05, 3.63) is 88.0 Å². The van der Waals surface area contributed by atoms with Gasteiger partial charge in [0.25, 0.3) is 5.56 Å². The van der Waals surface area contributed by atoms with Crippen molar-refractivity contribution in [3.63, 3.8) is 0 Å². The third kappa shape index (κ3) is 5.00. The zero-order valence-electron chi connectivity index (χ0n) is 20.1. The van der Waals surface area contributed by atoms with Gasteiger partial charge in [-0.15, -0.1) is 0 Å². The molecular weight excluding hydrogens is 568 g/mol. The van der Waals surface area contributed by atoms with Crippen molar-refractivity contribution in [1.29, 1.82) is 0 Å². The van der Waals surface area contributed by atoms with Crippen LogP contribution in [0.3, 0.4) is 0 Å². The summed E-state index contributed by atoms with van der Waals surface area (Å²) in [7, 11) is 1.57. The predicted octanol–water partition coefficient (Wildman–Crippen LogP) is 4.62. The van der Waals surface area contributed by atoms with Gasteiger partial charge in [-0.1, -0.05) is 51.0 Å². The number of thiazole rings is 1. The molecule has 2 heterocycles. The Morgan fingerprint density at radius 2 is 1.92 bits per heavy atom. The third-order valence-corrected chi connectivity index (χ3v) is 7.49. The lowest BCUT2D eigenvalue weighted by Crippen LogP contribution is -2.39. The van der Waals surface area contributed by atoms with Crippen LogP contribution in [0.25, 0.3) is 6.08 Å². The third-order valence-electron chi connectivity index (χ3n) is 5.57. The molecule has 3 aromatic rings. The number of carbonyl (C=O) groups excluding carboxylic acids is 1. The molecule has 4 rings (SSSR count). The van der Waals surface area contributed by atoms with Crippen LogP contribution in [0.4, 0.5) is 0 Å². The zero-order chi connectivity index (χ0) is 26.0. The molecule has 1 aliphatic heterocycles. The molecule has 1 atom stereocenters. The molecule has 1 aromatic heterocycles.